The molecule has 1 aromatic carbocycles. The minimum absolute atomic E-state index is 0.0426. The van der Waals surface area contributed by atoms with E-state index in [4.69, 9.17) is 4.74 Å². The smallest absolute Gasteiger partial charge is 0.227 e. The van der Waals surface area contributed by atoms with E-state index in [0.717, 1.165) is 24.2 Å². The van der Waals surface area contributed by atoms with Gasteiger partial charge >= 0.3 is 0 Å². The van der Waals surface area contributed by atoms with E-state index in [2.05, 4.69) is 18.3 Å². The van der Waals surface area contributed by atoms with Crippen LogP contribution in [0.3, 0.4) is 0 Å². The maximum Gasteiger partial charge on any atom is 0.227 e. The Morgan fingerprint density at radius 2 is 2.05 bits per heavy atom. The molecule has 1 aliphatic carbocycles. The minimum Gasteiger partial charge on any atom is -0.492 e. The second-order valence-electron chi connectivity index (χ2n) is 6.20. The molecule has 0 saturated heterocycles. The Hall–Kier alpha value is -1.51. The lowest BCUT2D eigenvalue weighted by Crippen LogP contribution is -2.46. The molecule has 1 amide bonds. The van der Waals surface area contributed by atoms with Gasteiger partial charge in [-0.15, -0.1) is 0 Å². The Morgan fingerprint density at radius 1 is 1.25 bits per heavy atom. The summed E-state index contributed by atoms with van der Waals surface area (Å²) in [5, 5.41) is 3.25. The molecule has 0 radical (unpaired) electrons. The van der Waals surface area contributed by atoms with Gasteiger partial charge in [-0.2, -0.15) is 0 Å². The molecule has 1 fully saturated rings. The monoisotopic (exact) mass is 273 g/mol. The first-order valence-electron chi connectivity index (χ1n) is 7.75. The van der Waals surface area contributed by atoms with Gasteiger partial charge in [-0.05, 0) is 36.8 Å². The molecule has 0 bridgehead atoms. The van der Waals surface area contributed by atoms with Crippen LogP contribution in [0.4, 0.5) is 0 Å². The maximum atomic E-state index is 12.4. The van der Waals surface area contributed by atoms with Crippen molar-refractivity contribution in [3.05, 3.63) is 29.8 Å². The Labute approximate surface area is 120 Å². The van der Waals surface area contributed by atoms with Gasteiger partial charge in [0.05, 0.1) is 5.92 Å². The average molecular weight is 273 g/mol. The third kappa shape index (κ3) is 2.82. The summed E-state index contributed by atoms with van der Waals surface area (Å²) in [4.78, 5) is 12.4. The number of para-hydroxylation sites is 1. The molecule has 2 aliphatic rings. The van der Waals surface area contributed by atoms with Crippen molar-refractivity contribution in [1.82, 2.24) is 5.32 Å². The highest BCUT2D eigenvalue weighted by atomic mass is 16.5. The lowest BCUT2D eigenvalue weighted by atomic mass is 9.85. The minimum atomic E-state index is -0.0426. The van der Waals surface area contributed by atoms with Crippen molar-refractivity contribution in [3.8, 4) is 5.75 Å². The first-order valence-corrected chi connectivity index (χ1v) is 7.75. The van der Waals surface area contributed by atoms with Crippen molar-refractivity contribution in [2.24, 2.45) is 11.8 Å². The summed E-state index contributed by atoms with van der Waals surface area (Å²) in [6.07, 6.45) is 5.68. The van der Waals surface area contributed by atoms with Crippen molar-refractivity contribution in [2.45, 2.75) is 45.1 Å². The number of rotatable bonds is 2. The number of carbonyl (C=O) groups is 1. The fraction of sp³-hybridized carbons (Fsp3) is 0.588. The molecule has 1 heterocycles. The Kier molecular flexibility index (Phi) is 3.95. The van der Waals surface area contributed by atoms with Crippen molar-refractivity contribution in [3.63, 3.8) is 0 Å². The zero-order valence-electron chi connectivity index (χ0n) is 12.1. The SMILES string of the molecule is C[C@@H]1CCCC[C@H]1NC(=O)[C@@H]1COc2ccccc2C1. The number of fused-ring (bicyclic) bond motifs is 1. The molecule has 3 atom stereocenters. The van der Waals surface area contributed by atoms with Crippen LogP contribution in [0.2, 0.25) is 0 Å². The largest absolute Gasteiger partial charge is 0.492 e. The second kappa shape index (κ2) is 5.86. The van der Waals surface area contributed by atoms with Gasteiger partial charge in [-0.1, -0.05) is 38.0 Å². The molecule has 20 heavy (non-hydrogen) atoms. The van der Waals surface area contributed by atoms with Crippen LogP contribution in [-0.2, 0) is 11.2 Å². The highest BCUT2D eigenvalue weighted by Crippen LogP contribution is 2.28. The molecule has 3 heteroatoms. The van der Waals surface area contributed by atoms with Gasteiger partial charge in [0.15, 0.2) is 0 Å². The zero-order valence-corrected chi connectivity index (χ0v) is 12.1. The third-order valence-electron chi connectivity index (χ3n) is 4.69. The van der Waals surface area contributed by atoms with Crippen LogP contribution in [0.5, 0.6) is 5.75 Å². The van der Waals surface area contributed by atoms with Gasteiger partial charge in [0.1, 0.15) is 12.4 Å². The highest BCUT2D eigenvalue weighted by molar-refractivity contribution is 5.80. The predicted octanol–water partition coefficient (Wildman–Crippen LogP) is 2.93. The Balaban J connectivity index is 1.61. The van der Waals surface area contributed by atoms with Crippen LogP contribution < -0.4 is 10.1 Å². The van der Waals surface area contributed by atoms with Crippen LogP contribution in [0, 0.1) is 11.8 Å². The number of hydrogen-bond donors (Lipinski definition) is 1. The first-order chi connectivity index (χ1) is 9.74. The summed E-state index contributed by atoms with van der Waals surface area (Å²) in [6.45, 7) is 2.75. The highest BCUT2D eigenvalue weighted by Gasteiger charge is 2.29. The van der Waals surface area contributed by atoms with Gasteiger partial charge in [0, 0.05) is 6.04 Å². The fourth-order valence-corrected chi connectivity index (χ4v) is 3.33. The van der Waals surface area contributed by atoms with Gasteiger partial charge in [-0.3, -0.25) is 4.79 Å². The van der Waals surface area contributed by atoms with E-state index in [9.17, 15) is 4.79 Å². The number of benzene rings is 1. The number of amides is 1. The van der Waals surface area contributed by atoms with Gasteiger partial charge in [0.25, 0.3) is 0 Å². The molecule has 0 spiro atoms. The van der Waals surface area contributed by atoms with E-state index < -0.39 is 0 Å². The van der Waals surface area contributed by atoms with E-state index in [1.165, 1.54) is 19.3 Å². The van der Waals surface area contributed by atoms with Crippen molar-refractivity contribution in [1.29, 1.82) is 0 Å². The normalized spacial score (nSPS) is 29.1. The van der Waals surface area contributed by atoms with Crippen LogP contribution >= 0.6 is 0 Å². The molecular formula is C17H23NO2. The van der Waals surface area contributed by atoms with E-state index in [0.29, 0.717) is 18.6 Å². The van der Waals surface area contributed by atoms with Crippen LogP contribution in [0.15, 0.2) is 24.3 Å². The molecule has 3 nitrogen and oxygen atoms in total. The molecule has 1 N–H and O–H groups in total. The van der Waals surface area contributed by atoms with Crippen molar-refractivity contribution in [2.75, 3.05) is 6.61 Å². The predicted molar refractivity (Wildman–Crippen MR) is 78.7 cm³/mol. The first kappa shape index (κ1) is 13.5. The molecular weight excluding hydrogens is 250 g/mol. The van der Waals surface area contributed by atoms with E-state index in [-0.39, 0.29) is 11.8 Å². The summed E-state index contributed by atoms with van der Waals surface area (Å²) in [5.41, 5.74) is 1.15. The van der Waals surface area contributed by atoms with E-state index in [1.54, 1.807) is 0 Å². The van der Waals surface area contributed by atoms with Crippen molar-refractivity contribution >= 4 is 5.91 Å². The van der Waals surface area contributed by atoms with Crippen LogP contribution in [0.1, 0.15) is 38.2 Å². The van der Waals surface area contributed by atoms with Gasteiger partial charge in [0.2, 0.25) is 5.91 Å². The summed E-state index contributed by atoms with van der Waals surface area (Å²) in [5.74, 6) is 1.66. The molecule has 3 rings (SSSR count). The molecule has 1 aliphatic heterocycles. The summed E-state index contributed by atoms with van der Waals surface area (Å²) < 4.78 is 5.71. The molecule has 1 aromatic rings. The summed E-state index contributed by atoms with van der Waals surface area (Å²) in [6, 6.07) is 8.37. The van der Waals surface area contributed by atoms with Crippen molar-refractivity contribution < 1.29 is 9.53 Å². The lowest BCUT2D eigenvalue weighted by molar-refractivity contribution is -0.127. The van der Waals surface area contributed by atoms with Gasteiger partial charge < -0.3 is 10.1 Å². The number of ether oxygens (including phenoxy) is 1. The average Bonchev–Trinajstić information content (AvgIpc) is 2.49. The number of carbonyl (C=O) groups excluding carboxylic acids is 1. The number of nitrogens with one attached hydrogen (secondary N) is 1. The van der Waals surface area contributed by atoms with Crippen LogP contribution in [-0.4, -0.2) is 18.6 Å². The third-order valence-corrected chi connectivity index (χ3v) is 4.69. The van der Waals surface area contributed by atoms with Gasteiger partial charge in [-0.25, -0.2) is 0 Å². The summed E-state index contributed by atoms with van der Waals surface area (Å²) >= 11 is 0. The molecule has 108 valence electrons. The maximum absolute atomic E-state index is 12.4. The second-order valence-corrected chi connectivity index (χ2v) is 6.20. The lowest BCUT2D eigenvalue weighted by Gasteiger charge is -2.32. The topological polar surface area (TPSA) is 38.3 Å². The quantitative estimate of drug-likeness (QED) is 0.899. The molecule has 0 aromatic heterocycles. The molecule has 0 unspecified atom stereocenters. The van der Waals surface area contributed by atoms with E-state index in [1.807, 2.05) is 18.2 Å². The Bertz CT molecular complexity index is 486. The zero-order chi connectivity index (χ0) is 13.9. The molecule has 1 saturated carbocycles. The standard InChI is InChI=1S/C17H23NO2/c1-12-6-2-4-8-15(12)18-17(19)14-10-13-7-3-5-9-16(13)20-11-14/h3,5,7,9,12,14-15H,2,4,6,8,10-11H2,1H3,(H,18,19)/t12-,14+,15-/m1/s1. The van der Waals surface area contributed by atoms with Crippen LogP contribution in [0.25, 0.3) is 0 Å². The Morgan fingerprint density at radius 3 is 2.90 bits per heavy atom. The fourth-order valence-electron chi connectivity index (χ4n) is 3.33. The number of hydrogen-bond acceptors (Lipinski definition) is 2. The van der Waals surface area contributed by atoms with E-state index >= 15 is 0 Å². The summed E-state index contributed by atoms with van der Waals surface area (Å²) in [7, 11) is 0.